The molecule has 0 spiro atoms. The highest BCUT2D eigenvalue weighted by Gasteiger charge is 2.35. The lowest BCUT2D eigenvalue weighted by atomic mass is 9.73. The van der Waals surface area contributed by atoms with Gasteiger partial charge in [0.15, 0.2) is 0 Å². The molecule has 0 fully saturated rings. The maximum absolute atomic E-state index is 13.1. The van der Waals surface area contributed by atoms with E-state index in [1.807, 2.05) is 34.6 Å². The van der Waals surface area contributed by atoms with Gasteiger partial charge in [-0.2, -0.15) is 0 Å². The summed E-state index contributed by atoms with van der Waals surface area (Å²) in [6, 6.07) is 5.55. The molecular weight excluding hydrogens is 448 g/mol. The van der Waals surface area contributed by atoms with Crippen LogP contribution < -0.4 is 21.7 Å². The lowest BCUT2D eigenvalue weighted by Crippen LogP contribution is -2.49. The molecule has 0 aliphatic rings. The van der Waals surface area contributed by atoms with Crippen LogP contribution in [0.25, 0.3) is 0 Å². The molecule has 9 nitrogen and oxygen atoms in total. The Hall–Kier alpha value is -3.10. The second kappa shape index (κ2) is 13.7. The monoisotopic (exact) mass is 490 g/mol. The normalized spacial score (nSPS) is 13.2. The molecule has 2 atom stereocenters. The van der Waals surface area contributed by atoms with E-state index < -0.39 is 12.1 Å². The van der Waals surface area contributed by atoms with E-state index in [1.165, 1.54) is 0 Å². The fourth-order valence-corrected chi connectivity index (χ4v) is 3.98. The Balaban J connectivity index is 2.89. The molecule has 1 rings (SSSR count). The Kier molecular flexibility index (Phi) is 11.7. The van der Waals surface area contributed by atoms with Crippen molar-refractivity contribution in [1.29, 1.82) is 0 Å². The van der Waals surface area contributed by atoms with E-state index in [0.717, 1.165) is 5.56 Å². The average molecular weight is 491 g/mol. The number of nitrogens with one attached hydrogen (secondary N) is 3. The Morgan fingerprint density at radius 1 is 0.971 bits per heavy atom. The zero-order chi connectivity index (χ0) is 26.8. The number of urea groups is 1. The molecule has 1 aromatic rings. The van der Waals surface area contributed by atoms with Crippen LogP contribution in [0, 0.1) is 23.2 Å². The van der Waals surface area contributed by atoms with Crippen LogP contribution >= 0.6 is 0 Å². The molecule has 1 unspecified atom stereocenters. The van der Waals surface area contributed by atoms with Gasteiger partial charge in [-0.15, -0.1) is 0 Å². The van der Waals surface area contributed by atoms with E-state index in [0.29, 0.717) is 25.1 Å². The number of hydrogen-bond donors (Lipinski definition) is 4. The molecule has 4 amide bonds. The second-order valence-electron chi connectivity index (χ2n) is 10.5. The average Bonchev–Trinajstić information content (AvgIpc) is 2.73. The third-order valence-corrected chi connectivity index (χ3v) is 5.56. The summed E-state index contributed by atoms with van der Waals surface area (Å²) in [6.07, 6.45) is 0.791. The SMILES string of the molecule is CC(C)C(=O)OCc1ccc(NC(=O)[C@H](CCCNC(N)=O)NC(=O)C(C(C)C)C(C)(C)C)cc1. The van der Waals surface area contributed by atoms with Crippen LogP contribution in [0.5, 0.6) is 0 Å². The van der Waals surface area contributed by atoms with Gasteiger partial charge in [-0.25, -0.2) is 4.79 Å². The smallest absolute Gasteiger partial charge is 0.312 e. The molecule has 0 saturated heterocycles. The molecule has 0 aliphatic heterocycles. The number of carbonyl (C=O) groups is 4. The summed E-state index contributed by atoms with van der Waals surface area (Å²) in [5, 5.41) is 8.26. The molecular formula is C26H42N4O5. The number of benzene rings is 1. The molecule has 35 heavy (non-hydrogen) atoms. The van der Waals surface area contributed by atoms with E-state index in [9.17, 15) is 19.2 Å². The van der Waals surface area contributed by atoms with Crippen molar-refractivity contribution in [2.75, 3.05) is 11.9 Å². The zero-order valence-electron chi connectivity index (χ0n) is 22.1. The number of primary amides is 1. The summed E-state index contributed by atoms with van der Waals surface area (Å²) in [7, 11) is 0. The zero-order valence-corrected chi connectivity index (χ0v) is 22.1. The largest absolute Gasteiger partial charge is 0.461 e. The summed E-state index contributed by atoms with van der Waals surface area (Å²) in [5.74, 6) is -1.21. The van der Waals surface area contributed by atoms with Crippen molar-refractivity contribution in [3.63, 3.8) is 0 Å². The Morgan fingerprint density at radius 2 is 1.57 bits per heavy atom. The molecule has 0 saturated carbocycles. The molecule has 0 bridgehead atoms. The lowest BCUT2D eigenvalue weighted by Gasteiger charge is -2.34. The van der Waals surface area contributed by atoms with Crippen LogP contribution in [0.3, 0.4) is 0 Å². The maximum Gasteiger partial charge on any atom is 0.312 e. The number of carbonyl (C=O) groups excluding carboxylic acids is 4. The van der Waals surface area contributed by atoms with Crippen LogP contribution in [0.2, 0.25) is 0 Å². The summed E-state index contributed by atoms with van der Waals surface area (Å²) in [4.78, 5) is 48.8. The van der Waals surface area contributed by atoms with Gasteiger partial charge < -0.3 is 26.4 Å². The van der Waals surface area contributed by atoms with Gasteiger partial charge in [0.2, 0.25) is 11.8 Å². The van der Waals surface area contributed by atoms with E-state index >= 15 is 0 Å². The van der Waals surface area contributed by atoms with E-state index in [-0.39, 0.29) is 47.6 Å². The number of rotatable bonds is 12. The third kappa shape index (κ3) is 10.8. The minimum atomic E-state index is -0.785. The van der Waals surface area contributed by atoms with Gasteiger partial charge in [-0.05, 0) is 41.9 Å². The molecule has 9 heteroatoms. The first-order valence-corrected chi connectivity index (χ1v) is 12.1. The van der Waals surface area contributed by atoms with E-state index in [1.54, 1.807) is 38.1 Å². The summed E-state index contributed by atoms with van der Waals surface area (Å²) in [5.41, 5.74) is 6.19. The predicted octanol–water partition coefficient (Wildman–Crippen LogP) is 3.58. The van der Waals surface area contributed by atoms with E-state index in [2.05, 4.69) is 16.0 Å². The van der Waals surface area contributed by atoms with Crippen molar-refractivity contribution in [2.24, 2.45) is 28.9 Å². The fourth-order valence-electron chi connectivity index (χ4n) is 3.98. The quantitative estimate of drug-likeness (QED) is 0.262. The number of anilines is 1. The Bertz CT molecular complexity index is 859. The van der Waals surface area contributed by atoms with Gasteiger partial charge >= 0.3 is 12.0 Å². The van der Waals surface area contributed by atoms with Crippen LogP contribution in [-0.2, 0) is 25.7 Å². The van der Waals surface area contributed by atoms with Gasteiger partial charge in [-0.3, -0.25) is 14.4 Å². The standard InChI is InChI=1S/C26H42N4O5/c1-16(2)21(26(5,6)7)23(32)30-20(9-8-14-28-25(27)34)22(31)29-19-12-10-18(11-13-19)15-35-24(33)17(3)4/h10-13,16-17,20-21H,8-9,14-15H2,1-7H3,(H,29,31)(H,30,32)(H3,27,28,34)/t20-,21?/m0/s1. The van der Waals surface area contributed by atoms with Gasteiger partial charge in [0, 0.05) is 18.2 Å². The molecule has 5 N–H and O–H groups in total. The second-order valence-corrected chi connectivity index (χ2v) is 10.5. The van der Waals surface area contributed by atoms with Crippen molar-refractivity contribution in [3.05, 3.63) is 29.8 Å². The molecule has 0 heterocycles. The summed E-state index contributed by atoms with van der Waals surface area (Å²) < 4.78 is 5.22. The highest BCUT2D eigenvalue weighted by molar-refractivity contribution is 5.97. The molecule has 1 aromatic carbocycles. The molecule has 196 valence electrons. The Labute approximate surface area is 208 Å². The minimum Gasteiger partial charge on any atom is -0.461 e. The minimum absolute atomic E-state index is 0.0904. The maximum atomic E-state index is 13.1. The van der Waals surface area contributed by atoms with Crippen LogP contribution in [-0.4, -0.2) is 36.4 Å². The molecule has 0 aromatic heterocycles. The summed E-state index contributed by atoms with van der Waals surface area (Å²) >= 11 is 0. The van der Waals surface area contributed by atoms with Crippen molar-refractivity contribution >= 4 is 29.5 Å². The highest BCUT2D eigenvalue weighted by atomic mass is 16.5. The van der Waals surface area contributed by atoms with Crippen LogP contribution in [0.15, 0.2) is 24.3 Å². The van der Waals surface area contributed by atoms with Crippen molar-refractivity contribution in [2.45, 2.75) is 74.0 Å². The third-order valence-electron chi connectivity index (χ3n) is 5.56. The topological polar surface area (TPSA) is 140 Å². The fraction of sp³-hybridized carbons (Fsp3) is 0.615. The van der Waals surface area contributed by atoms with Crippen molar-refractivity contribution in [1.82, 2.24) is 10.6 Å². The van der Waals surface area contributed by atoms with Gasteiger partial charge in [-0.1, -0.05) is 60.6 Å². The van der Waals surface area contributed by atoms with Crippen molar-refractivity contribution < 1.29 is 23.9 Å². The van der Waals surface area contributed by atoms with Gasteiger partial charge in [0.25, 0.3) is 0 Å². The van der Waals surface area contributed by atoms with Gasteiger partial charge in [0.1, 0.15) is 12.6 Å². The van der Waals surface area contributed by atoms with E-state index in [4.69, 9.17) is 10.5 Å². The Morgan fingerprint density at radius 3 is 2.06 bits per heavy atom. The van der Waals surface area contributed by atoms with Gasteiger partial charge in [0.05, 0.1) is 5.92 Å². The molecule has 0 aliphatic carbocycles. The number of ether oxygens (including phenoxy) is 1. The summed E-state index contributed by atoms with van der Waals surface area (Å²) in [6.45, 7) is 14.0. The number of esters is 1. The van der Waals surface area contributed by atoms with Crippen molar-refractivity contribution in [3.8, 4) is 0 Å². The first-order chi connectivity index (χ1) is 16.2. The lowest BCUT2D eigenvalue weighted by molar-refractivity contribution is -0.148. The number of nitrogens with two attached hydrogens (primary N) is 1. The molecule has 0 radical (unpaired) electrons. The predicted molar refractivity (Wildman–Crippen MR) is 136 cm³/mol. The van der Waals surface area contributed by atoms with Crippen LogP contribution in [0.1, 0.15) is 66.9 Å². The highest BCUT2D eigenvalue weighted by Crippen LogP contribution is 2.32. The van der Waals surface area contributed by atoms with Crippen LogP contribution in [0.4, 0.5) is 10.5 Å². The number of amides is 4. The first kappa shape index (κ1) is 29.9. The number of hydrogen-bond acceptors (Lipinski definition) is 5. The first-order valence-electron chi connectivity index (χ1n) is 12.1.